The quantitative estimate of drug-likeness (QED) is 0.271. The fraction of sp³-hybridized carbons (Fsp3) is 0.889. The number of nitrogens with two attached hydrogens (primary N) is 2. The fourth-order valence-electron chi connectivity index (χ4n) is 0.376. The Bertz CT molecular complexity index is 255. The second kappa shape index (κ2) is 49.7. The number of aliphatic imine (C=N–C) groups is 2. The van der Waals surface area contributed by atoms with Crippen molar-refractivity contribution in [2.45, 2.75) is 44.1 Å². The maximum atomic E-state index is 5.34. The SMILES string of the molecule is C.C.C.C.C.CCN(C)C.CN=C(N)N(C)NC.CN=C(N)NC.CNC. The van der Waals surface area contributed by atoms with Crippen LogP contribution in [0.15, 0.2) is 9.98 Å². The van der Waals surface area contributed by atoms with Crippen molar-refractivity contribution in [3.8, 4) is 0 Å². The molecule has 0 aromatic carbocycles. The van der Waals surface area contributed by atoms with Crippen molar-refractivity contribution in [1.29, 1.82) is 0 Å². The molecule has 9 nitrogen and oxygen atoms in total. The highest BCUT2D eigenvalue weighted by Gasteiger charge is 1.91. The topological polar surface area (TPSA) is 119 Å². The van der Waals surface area contributed by atoms with Gasteiger partial charge < -0.3 is 27.0 Å². The maximum absolute atomic E-state index is 5.34. The van der Waals surface area contributed by atoms with Crippen LogP contribution in [0, 0.1) is 0 Å². The number of nitrogens with zero attached hydrogens (tertiary/aromatic N) is 4. The van der Waals surface area contributed by atoms with Crippen LogP contribution < -0.4 is 27.5 Å². The lowest BCUT2D eigenvalue weighted by Crippen LogP contribution is -2.41. The van der Waals surface area contributed by atoms with Crippen molar-refractivity contribution < 1.29 is 0 Å². The van der Waals surface area contributed by atoms with Gasteiger partial charge in [0.15, 0.2) is 5.96 Å². The molecule has 0 fully saturated rings. The molecule has 0 atom stereocenters. The molecule has 0 aliphatic rings. The van der Waals surface area contributed by atoms with Crippen molar-refractivity contribution in [3.05, 3.63) is 0 Å². The van der Waals surface area contributed by atoms with Crippen LogP contribution in [0.25, 0.3) is 0 Å². The predicted molar refractivity (Wildman–Crippen MR) is 134 cm³/mol. The Balaban J connectivity index is -0.0000000224. The van der Waals surface area contributed by atoms with Gasteiger partial charge in [-0.2, -0.15) is 0 Å². The van der Waals surface area contributed by atoms with Crippen molar-refractivity contribution in [2.24, 2.45) is 21.5 Å². The van der Waals surface area contributed by atoms with E-state index in [1.165, 1.54) is 0 Å². The molecule has 0 amide bonds. The molecule has 0 aliphatic heterocycles. The molecule has 0 heterocycles. The van der Waals surface area contributed by atoms with Gasteiger partial charge in [0.25, 0.3) is 0 Å². The average molecular weight is 402 g/mol. The first kappa shape index (κ1) is 56.2. The van der Waals surface area contributed by atoms with Crippen molar-refractivity contribution >= 4 is 11.9 Å². The Hall–Kier alpha value is -1.58. The van der Waals surface area contributed by atoms with E-state index < -0.39 is 0 Å². The Morgan fingerprint density at radius 3 is 1.15 bits per heavy atom. The van der Waals surface area contributed by atoms with E-state index >= 15 is 0 Å². The fourth-order valence-corrected chi connectivity index (χ4v) is 0.376. The largest absolute Gasteiger partial charge is 0.370 e. The second-order valence-electron chi connectivity index (χ2n) is 4.12. The van der Waals surface area contributed by atoms with Crippen molar-refractivity contribution in [2.75, 3.05) is 70.0 Å². The Morgan fingerprint density at radius 2 is 1.11 bits per heavy atom. The molecule has 27 heavy (non-hydrogen) atoms. The maximum Gasteiger partial charge on any atom is 0.205 e. The normalized spacial score (nSPS) is 8.41. The first-order valence-electron chi connectivity index (χ1n) is 6.98. The minimum Gasteiger partial charge on any atom is -0.370 e. The molecule has 0 bridgehead atoms. The zero-order valence-electron chi connectivity index (χ0n) is 16.2. The molecule has 0 radical (unpaired) electrons. The summed E-state index contributed by atoms with van der Waals surface area (Å²) in [6.07, 6.45) is 0. The molecule has 0 unspecified atom stereocenters. The van der Waals surface area contributed by atoms with Gasteiger partial charge in [-0.05, 0) is 34.7 Å². The molecular weight excluding hydrogens is 342 g/mol. The zero-order valence-corrected chi connectivity index (χ0v) is 16.2. The van der Waals surface area contributed by atoms with E-state index in [2.05, 4.69) is 52.0 Å². The number of guanidine groups is 2. The van der Waals surface area contributed by atoms with Crippen LogP contribution in [0.4, 0.5) is 0 Å². The summed E-state index contributed by atoms with van der Waals surface area (Å²) in [7, 11) is 16.4. The van der Waals surface area contributed by atoms with Crippen LogP contribution in [0.1, 0.15) is 44.1 Å². The van der Waals surface area contributed by atoms with Gasteiger partial charge in [0, 0.05) is 35.2 Å². The van der Waals surface area contributed by atoms with E-state index in [1.54, 1.807) is 40.2 Å². The molecule has 0 saturated heterocycles. The monoisotopic (exact) mass is 401 g/mol. The number of hydrazine groups is 1. The van der Waals surface area contributed by atoms with Gasteiger partial charge in [-0.3, -0.25) is 15.0 Å². The molecule has 0 rings (SSSR count). The third kappa shape index (κ3) is 79.6. The Labute approximate surface area is 174 Å². The highest BCUT2D eigenvalue weighted by molar-refractivity contribution is 5.77. The summed E-state index contributed by atoms with van der Waals surface area (Å²) in [5.41, 5.74) is 13.2. The summed E-state index contributed by atoms with van der Waals surface area (Å²) in [5.74, 6) is 0.947. The summed E-state index contributed by atoms with van der Waals surface area (Å²) >= 11 is 0. The summed E-state index contributed by atoms with van der Waals surface area (Å²) in [6, 6.07) is 0. The lowest BCUT2D eigenvalue weighted by Gasteiger charge is -2.14. The predicted octanol–water partition coefficient (Wildman–Crippen LogP) is 1.73. The summed E-state index contributed by atoms with van der Waals surface area (Å²) in [4.78, 5) is 9.43. The molecule has 0 aromatic heterocycles. The smallest absolute Gasteiger partial charge is 0.205 e. The van der Waals surface area contributed by atoms with Crippen molar-refractivity contribution in [1.82, 2.24) is 26.0 Å². The molecule has 7 N–H and O–H groups in total. The molecular formula is C18H59N9. The molecule has 9 heteroatoms. The van der Waals surface area contributed by atoms with Crippen molar-refractivity contribution in [3.63, 3.8) is 0 Å². The minimum atomic E-state index is 0. The summed E-state index contributed by atoms with van der Waals surface area (Å²) < 4.78 is 0. The van der Waals surface area contributed by atoms with Gasteiger partial charge in [-0.15, -0.1) is 0 Å². The number of nitrogens with one attached hydrogen (secondary N) is 3. The van der Waals surface area contributed by atoms with Crippen LogP contribution in [0.3, 0.4) is 0 Å². The van der Waals surface area contributed by atoms with Gasteiger partial charge in [-0.25, -0.2) is 5.43 Å². The molecule has 0 saturated carbocycles. The number of hydrogen-bond acceptors (Lipinski definition) is 5. The lowest BCUT2D eigenvalue weighted by molar-refractivity contribution is 0.404. The number of rotatable bonds is 2. The van der Waals surface area contributed by atoms with Gasteiger partial charge in [-0.1, -0.05) is 44.1 Å². The van der Waals surface area contributed by atoms with E-state index in [1.807, 2.05) is 14.1 Å². The minimum absolute atomic E-state index is 0. The van der Waals surface area contributed by atoms with Crippen LogP contribution in [0.2, 0.25) is 0 Å². The summed E-state index contributed by atoms with van der Waals surface area (Å²) in [5, 5.41) is 7.02. The second-order valence-corrected chi connectivity index (χ2v) is 4.12. The highest BCUT2D eigenvalue weighted by Crippen LogP contribution is 1.69. The molecule has 0 spiro atoms. The van der Waals surface area contributed by atoms with Gasteiger partial charge in [0.05, 0.1) is 0 Å². The van der Waals surface area contributed by atoms with Gasteiger partial charge >= 0.3 is 0 Å². The molecule has 176 valence electrons. The van der Waals surface area contributed by atoms with Crippen LogP contribution in [0.5, 0.6) is 0 Å². The van der Waals surface area contributed by atoms with Gasteiger partial charge in [0.1, 0.15) is 0 Å². The first-order chi connectivity index (χ1) is 10.2. The van der Waals surface area contributed by atoms with Gasteiger partial charge in [0.2, 0.25) is 5.96 Å². The third-order valence-electron chi connectivity index (χ3n) is 2.04. The molecule has 0 aromatic rings. The third-order valence-corrected chi connectivity index (χ3v) is 2.04. The van der Waals surface area contributed by atoms with E-state index in [4.69, 9.17) is 11.5 Å². The lowest BCUT2D eigenvalue weighted by atomic mass is 10.7. The van der Waals surface area contributed by atoms with E-state index in [9.17, 15) is 0 Å². The average Bonchev–Trinajstić information content (AvgIpc) is 2.54. The van der Waals surface area contributed by atoms with E-state index in [0.717, 1.165) is 6.54 Å². The highest BCUT2D eigenvalue weighted by atomic mass is 15.5. The number of hydrogen-bond donors (Lipinski definition) is 5. The molecule has 0 aliphatic carbocycles. The Morgan fingerprint density at radius 1 is 0.815 bits per heavy atom. The van der Waals surface area contributed by atoms with E-state index in [-0.39, 0.29) is 37.1 Å². The van der Waals surface area contributed by atoms with Crippen LogP contribution in [-0.4, -0.2) is 91.8 Å². The Kier molecular flexibility index (Phi) is 103. The standard InChI is InChI=1S/C4H12N4.C4H11N.C3H9N3.C2H7N.5CH4/c1-6-4(5)8(3)7-2;1-4-5(2)3;1-5-3(4)6-2;1-3-2;;;;;/h7H,1-3H3,(H2,5,6);4H2,1-3H3;1-2H3,(H3,4,5,6);3H,1-2H3;5*1H4. The van der Waals surface area contributed by atoms with E-state index in [0.29, 0.717) is 11.9 Å². The zero-order chi connectivity index (χ0) is 18.6. The van der Waals surface area contributed by atoms with Crippen LogP contribution in [-0.2, 0) is 0 Å². The summed E-state index contributed by atoms with van der Waals surface area (Å²) in [6.45, 7) is 3.26. The first-order valence-corrected chi connectivity index (χ1v) is 6.98. The van der Waals surface area contributed by atoms with Crippen LogP contribution >= 0.6 is 0 Å².